The molecular weight excluding hydrogens is 1290 g/mol. The quantitative estimate of drug-likeness (QED) is 0.0366. The molecule has 10 fully saturated rings. The second-order valence-electron chi connectivity index (χ2n) is 31.3. The van der Waals surface area contributed by atoms with Crippen molar-refractivity contribution in [3.8, 4) is 0 Å². The number of ether oxygens (including phenoxy) is 12. The van der Waals surface area contributed by atoms with Gasteiger partial charge >= 0.3 is 5.97 Å². The summed E-state index contributed by atoms with van der Waals surface area (Å²) in [6.07, 6.45) is -42.5. The Balaban J connectivity index is 0.765. The molecule has 0 bridgehead atoms. The predicted molar refractivity (Wildman–Crippen MR) is 322 cm³/mol. The number of esters is 1. The molecule has 32 nitrogen and oxygen atoms in total. The first-order valence-electron chi connectivity index (χ1n) is 34.3. The summed E-state index contributed by atoms with van der Waals surface area (Å²) in [6.45, 7) is 10.6. The average Bonchev–Trinajstić information content (AvgIpc) is 0.675. The van der Waals surface area contributed by atoms with Crippen molar-refractivity contribution in [1.29, 1.82) is 0 Å². The number of hydrogen-bond donors (Lipinski definition) is 19. The van der Waals surface area contributed by atoms with Gasteiger partial charge in [-0.15, -0.1) is 0 Å². The third-order valence-corrected chi connectivity index (χ3v) is 25.3. The van der Waals surface area contributed by atoms with Crippen molar-refractivity contribution >= 4 is 5.97 Å². The van der Waals surface area contributed by atoms with E-state index in [2.05, 4.69) is 40.7 Å². The van der Waals surface area contributed by atoms with Crippen molar-refractivity contribution in [2.75, 3.05) is 39.6 Å². The predicted octanol–water partition coefficient (Wildman–Crippen LogP) is -5.75. The standard InChI is InChI=1S/C65H106O32/c1-25-36(71)43(78)52(96-54-45(80)37(72)28(70)22-86-54)58(88-25)95-51-40(75)30(20-67)90-57(49(51)84)94-50-31(21-68)91-55(48(83)44(50)79)93-35-11-12-61(4)33(62(35,5)24-69)10-13-64(7)34(61)9-8-26-27-18-60(2,3)14-16-65(27,17-15-63(26,64)6)59(85)97-56-47(82)42(77)39(74)32(92-56)23-87-53-46(81)41(76)38(73)29(19-66)89-53/h8,25,27-58,66-84H,9-24H2,1-7H3/t25-,27?,28+,29-,30-,31-,32-,33?,34?,35?,36+,37-,38-,39-,40-,41+,42+,43-,44-,45-,46-,47-,48-,49-,50-,51+,52-,53-,54+,55+,56+,57+,58+,61?,62?,63?,64?,65?/m1/s1. The van der Waals surface area contributed by atoms with Gasteiger partial charge in [0.2, 0.25) is 6.29 Å². The van der Waals surface area contributed by atoms with Gasteiger partial charge in [0.15, 0.2) is 31.5 Å². The van der Waals surface area contributed by atoms with Gasteiger partial charge < -0.3 is 154 Å². The van der Waals surface area contributed by atoms with E-state index in [1.807, 2.05) is 6.92 Å². The second-order valence-corrected chi connectivity index (χ2v) is 31.3. The Morgan fingerprint density at radius 2 is 1.05 bits per heavy atom. The van der Waals surface area contributed by atoms with Gasteiger partial charge in [0.05, 0.1) is 57.3 Å². The largest absolute Gasteiger partial charge is 0.432 e. The number of aliphatic hydroxyl groups excluding tert-OH is 19. The number of allylic oxidation sites excluding steroid dienone is 2. The van der Waals surface area contributed by atoms with E-state index in [4.69, 9.17) is 56.8 Å². The summed E-state index contributed by atoms with van der Waals surface area (Å²) < 4.78 is 70.9. The molecule has 19 N–H and O–H groups in total. The summed E-state index contributed by atoms with van der Waals surface area (Å²) in [4.78, 5) is 15.2. The molecule has 6 heterocycles. The van der Waals surface area contributed by atoms with Gasteiger partial charge in [-0.3, -0.25) is 4.79 Å². The van der Waals surface area contributed by atoms with Gasteiger partial charge in [-0.2, -0.15) is 0 Å². The molecule has 11 rings (SSSR count). The Morgan fingerprint density at radius 3 is 1.72 bits per heavy atom. The molecule has 6 saturated heterocycles. The van der Waals surface area contributed by atoms with Crippen LogP contribution in [0.5, 0.6) is 0 Å². The summed E-state index contributed by atoms with van der Waals surface area (Å²) >= 11 is 0. The maximum Gasteiger partial charge on any atom is 0.315 e. The highest BCUT2D eigenvalue weighted by Gasteiger charge is 2.71. The molecule has 32 heteroatoms. The zero-order valence-corrected chi connectivity index (χ0v) is 55.7. The molecule has 4 saturated carbocycles. The molecule has 0 radical (unpaired) electrons. The van der Waals surface area contributed by atoms with E-state index in [9.17, 15) is 97.0 Å². The lowest BCUT2D eigenvalue weighted by Crippen LogP contribution is -2.68. The summed E-state index contributed by atoms with van der Waals surface area (Å²) in [5, 5.41) is 207. The number of carbonyl (C=O) groups is 1. The van der Waals surface area contributed by atoms with Crippen molar-refractivity contribution in [2.24, 2.45) is 50.2 Å². The van der Waals surface area contributed by atoms with E-state index in [1.54, 1.807) is 0 Å². The van der Waals surface area contributed by atoms with Gasteiger partial charge in [0.1, 0.15) is 134 Å². The van der Waals surface area contributed by atoms with Crippen LogP contribution >= 0.6 is 0 Å². The topological polar surface area (TPSA) is 512 Å². The van der Waals surface area contributed by atoms with E-state index in [0.29, 0.717) is 64.2 Å². The Kier molecular flexibility index (Phi) is 22.6. The van der Waals surface area contributed by atoms with Crippen LogP contribution < -0.4 is 0 Å². The minimum atomic E-state index is -2.05. The lowest BCUT2D eigenvalue weighted by atomic mass is 9.33. The zero-order valence-electron chi connectivity index (χ0n) is 55.7. The molecule has 0 aromatic rings. The van der Waals surface area contributed by atoms with Crippen LogP contribution in [-0.4, -0.2) is 327 Å². The molecule has 5 aliphatic carbocycles. The molecule has 97 heavy (non-hydrogen) atoms. The van der Waals surface area contributed by atoms with Crippen LogP contribution in [0.25, 0.3) is 0 Å². The molecule has 9 unspecified atom stereocenters. The summed E-state index contributed by atoms with van der Waals surface area (Å²) in [5.74, 6) is -1.08. The fourth-order valence-electron chi connectivity index (χ4n) is 19.1. The van der Waals surface area contributed by atoms with Crippen molar-refractivity contribution in [2.45, 2.75) is 297 Å². The summed E-state index contributed by atoms with van der Waals surface area (Å²) in [5.41, 5.74) is -2.35. The molecule has 6 aliphatic heterocycles. The molecule has 0 spiro atoms. The van der Waals surface area contributed by atoms with Crippen molar-refractivity contribution in [1.82, 2.24) is 0 Å². The van der Waals surface area contributed by atoms with Crippen molar-refractivity contribution < 1.29 is 159 Å². The Hall–Kier alpha value is -1.99. The van der Waals surface area contributed by atoms with Gasteiger partial charge in [0.25, 0.3) is 0 Å². The van der Waals surface area contributed by atoms with Crippen LogP contribution in [0.3, 0.4) is 0 Å². The first-order chi connectivity index (χ1) is 45.6. The van der Waals surface area contributed by atoms with Crippen LogP contribution in [0, 0.1) is 50.2 Å². The second kappa shape index (κ2) is 28.8. The van der Waals surface area contributed by atoms with Crippen LogP contribution in [0.1, 0.15) is 113 Å². The van der Waals surface area contributed by atoms with E-state index in [1.165, 1.54) is 6.92 Å². The maximum absolute atomic E-state index is 15.2. The molecule has 0 amide bonds. The van der Waals surface area contributed by atoms with Gasteiger partial charge in [-0.1, -0.05) is 53.2 Å². The fourth-order valence-corrected chi connectivity index (χ4v) is 19.1. The van der Waals surface area contributed by atoms with Crippen molar-refractivity contribution in [3.63, 3.8) is 0 Å². The van der Waals surface area contributed by atoms with Crippen LogP contribution in [0.4, 0.5) is 0 Å². The van der Waals surface area contributed by atoms with E-state index < -0.39 is 245 Å². The Labute approximate surface area is 561 Å². The minimum Gasteiger partial charge on any atom is -0.432 e. The lowest BCUT2D eigenvalue weighted by molar-refractivity contribution is -0.393. The molecule has 38 atom stereocenters. The summed E-state index contributed by atoms with van der Waals surface area (Å²) in [6, 6.07) is 0. The number of hydrogen-bond acceptors (Lipinski definition) is 32. The van der Waals surface area contributed by atoms with Crippen LogP contribution in [0.2, 0.25) is 0 Å². The Morgan fingerprint density at radius 1 is 0.495 bits per heavy atom. The van der Waals surface area contributed by atoms with Gasteiger partial charge in [-0.05, 0) is 111 Å². The minimum absolute atomic E-state index is 0.0455. The van der Waals surface area contributed by atoms with Gasteiger partial charge in [0, 0.05) is 5.41 Å². The maximum atomic E-state index is 15.2. The number of carbonyl (C=O) groups excluding carboxylic acids is 1. The molecule has 0 aromatic heterocycles. The van der Waals surface area contributed by atoms with Gasteiger partial charge in [-0.25, -0.2) is 0 Å². The first-order valence-corrected chi connectivity index (χ1v) is 34.3. The lowest BCUT2D eigenvalue weighted by Gasteiger charge is -2.71. The molecule has 11 aliphatic rings. The normalized spacial score (nSPS) is 54.7. The highest BCUT2D eigenvalue weighted by molar-refractivity contribution is 5.79. The number of fused-ring (bicyclic) bond motifs is 7. The first kappa shape index (κ1) is 76.1. The number of aliphatic hydroxyl groups is 19. The van der Waals surface area contributed by atoms with E-state index in [0.717, 1.165) is 5.57 Å². The van der Waals surface area contributed by atoms with Crippen LogP contribution in [-0.2, 0) is 61.6 Å². The summed E-state index contributed by atoms with van der Waals surface area (Å²) in [7, 11) is 0. The van der Waals surface area contributed by atoms with E-state index in [-0.39, 0.29) is 35.2 Å². The third kappa shape index (κ3) is 13.2. The monoisotopic (exact) mass is 1400 g/mol. The fraction of sp³-hybridized carbons (Fsp3) is 0.954. The third-order valence-electron chi connectivity index (χ3n) is 25.3. The highest BCUT2D eigenvalue weighted by atomic mass is 16.8. The van der Waals surface area contributed by atoms with E-state index >= 15 is 4.79 Å². The average molecular weight is 1400 g/mol. The molecular formula is C65H106O32. The number of rotatable bonds is 17. The molecule has 0 aromatic carbocycles. The smallest absolute Gasteiger partial charge is 0.315 e. The SMILES string of the molecule is C[C@H]1O[C@@H](O[C@@H]2[C@@H](O)[C@H](O[C@H]3[C@H](O)[C@@H](O)[C@H](OC4CCC5(C)C(CCC6(C)C5CC=C5C7CC(C)(C)CCC7(C(=O)O[C@@H]7O[C@H](CO[C@@H]8O[C@H](CO)[C@@H](O)[C@H](O)[C@H]8O)[C@@H](O)[C@H](O)[C@H]7O)CCC56C)C4(C)CO)O[C@@H]3CO)O[C@H](CO)[C@H]2O)[C@H](O[C@@H]2OC[C@H](O)[C@@H](O)[C@H]2O)[C@H](O)[C@H]1O. The van der Waals surface area contributed by atoms with Crippen LogP contribution in [0.15, 0.2) is 11.6 Å². The highest BCUT2D eigenvalue weighted by Crippen LogP contribution is 2.76. The molecule has 558 valence electrons. The Bertz CT molecular complexity index is 2710. The van der Waals surface area contributed by atoms with Crippen molar-refractivity contribution in [3.05, 3.63) is 11.6 Å². The zero-order chi connectivity index (χ0) is 70.7.